The summed E-state index contributed by atoms with van der Waals surface area (Å²) in [6.07, 6.45) is 5.75. The van der Waals surface area contributed by atoms with Crippen LogP contribution in [0.3, 0.4) is 0 Å². The van der Waals surface area contributed by atoms with Crippen LogP contribution in [0.1, 0.15) is 41.7 Å². The van der Waals surface area contributed by atoms with Gasteiger partial charge in [-0.05, 0) is 55.3 Å². The number of amides is 1. The number of fused-ring (bicyclic) bond motifs is 4. The summed E-state index contributed by atoms with van der Waals surface area (Å²) in [6.45, 7) is 2.51. The van der Waals surface area contributed by atoms with Crippen LogP contribution in [0.2, 0.25) is 0 Å². The highest BCUT2D eigenvalue weighted by molar-refractivity contribution is 5.95. The Bertz CT molecular complexity index is 1220. The molecule has 0 N–H and O–H groups in total. The van der Waals surface area contributed by atoms with Crippen molar-refractivity contribution in [2.45, 2.75) is 37.4 Å². The summed E-state index contributed by atoms with van der Waals surface area (Å²) in [5.74, 6) is 2.08. The van der Waals surface area contributed by atoms with E-state index in [-0.39, 0.29) is 12.0 Å². The van der Waals surface area contributed by atoms with Crippen LogP contribution in [0.15, 0.2) is 60.8 Å². The number of nitrogens with zero attached hydrogens (tertiary/aromatic N) is 2. The number of rotatable bonds is 5. The first-order valence-corrected chi connectivity index (χ1v) is 12.3. The predicted molar refractivity (Wildman–Crippen MR) is 131 cm³/mol. The van der Waals surface area contributed by atoms with E-state index in [0.29, 0.717) is 36.8 Å². The van der Waals surface area contributed by atoms with Crippen LogP contribution in [-0.2, 0) is 10.3 Å². The van der Waals surface area contributed by atoms with Gasteiger partial charge in [0.25, 0.3) is 5.91 Å². The Hall–Kier alpha value is -3.45. The molecule has 7 heteroatoms. The van der Waals surface area contributed by atoms with Gasteiger partial charge in [-0.2, -0.15) is 0 Å². The molecule has 0 bridgehead atoms. The minimum absolute atomic E-state index is 0.00424. The first kappa shape index (κ1) is 22.0. The molecule has 3 aliphatic heterocycles. The van der Waals surface area contributed by atoms with E-state index in [1.165, 1.54) is 0 Å². The van der Waals surface area contributed by atoms with Crippen molar-refractivity contribution in [1.82, 2.24) is 9.47 Å². The summed E-state index contributed by atoms with van der Waals surface area (Å²) >= 11 is 0. The zero-order valence-electron chi connectivity index (χ0n) is 19.9. The molecule has 1 spiro atoms. The number of carbonyl (C=O) groups excluding carboxylic acids is 1. The summed E-state index contributed by atoms with van der Waals surface area (Å²) in [7, 11) is 1.60. The van der Waals surface area contributed by atoms with Crippen LogP contribution >= 0.6 is 0 Å². The molecule has 0 saturated carbocycles. The van der Waals surface area contributed by atoms with Gasteiger partial charge in [0.05, 0.1) is 24.6 Å². The lowest BCUT2D eigenvalue weighted by atomic mass is 9.86. The molecule has 0 radical (unpaired) electrons. The third-order valence-electron chi connectivity index (χ3n) is 7.36. The molecule has 35 heavy (non-hydrogen) atoms. The number of hydrogen-bond acceptors (Lipinski definition) is 5. The molecule has 1 aromatic heterocycles. The standard InChI is InChI=1S/C28H30N2O5/c1-32-25-18-20(10-11-24(25)34-19-21-6-5-17-33-21)27(31)29-15-12-28(13-16-29)26-9-4-14-30(26)22-7-2-3-8-23(22)35-28/h2-4,7-11,14,18,21H,5-6,12-13,15-17,19H2,1H3. The first-order chi connectivity index (χ1) is 17.2. The van der Waals surface area contributed by atoms with Crippen molar-refractivity contribution in [3.8, 4) is 22.9 Å². The molecule has 0 aliphatic carbocycles. The second-order valence-electron chi connectivity index (χ2n) is 9.43. The van der Waals surface area contributed by atoms with Gasteiger partial charge in [-0.3, -0.25) is 4.79 Å². The van der Waals surface area contributed by atoms with Crippen LogP contribution < -0.4 is 14.2 Å². The fraction of sp³-hybridized carbons (Fsp3) is 0.393. The van der Waals surface area contributed by atoms with Crippen LogP contribution in [0.5, 0.6) is 17.2 Å². The summed E-state index contributed by atoms with van der Waals surface area (Å²) in [5, 5.41) is 0. The molecular formula is C28H30N2O5. The summed E-state index contributed by atoms with van der Waals surface area (Å²) in [6, 6.07) is 17.7. The van der Waals surface area contributed by atoms with Crippen LogP contribution in [0.4, 0.5) is 0 Å². The summed E-state index contributed by atoms with van der Waals surface area (Å²) < 4.78 is 25.9. The van der Waals surface area contributed by atoms with E-state index in [1.807, 2.05) is 35.2 Å². The van der Waals surface area contributed by atoms with Crippen molar-refractivity contribution in [1.29, 1.82) is 0 Å². The van der Waals surface area contributed by atoms with E-state index in [4.69, 9.17) is 18.9 Å². The van der Waals surface area contributed by atoms with Crippen LogP contribution in [0.25, 0.3) is 5.69 Å². The van der Waals surface area contributed by atoms with E-state index in [0.717, 1.165) is 49.4 Å². The second kappa shape index (κ2) is 8.96. The average Bonchev–Trinajstić information content (AvgIpc) is 3.61. The minimum Gasteiger partial charge on any atom is -0.493 e. The van der Waals surface area contributed by atoms with Crippen molar-refractivity contribution in [2.75, 3.05) is 33.4 Å². The maximum absolute atomic E-state index is 13.4. The zero-order valence-corrected chi connectivity index (χ0v) is 19.9. The minimum atomic E-state index is -0.424. The summed E-state index contributed by atoms with van der Waals surface area (Å²) in [5.41, 5.74) is 2.38. The lowest BCUT2D eigenvalue weighted by Crippen LogP contribution is -2.50. The molecule has 182 valence electrons. The van der Waals surface area contributed by atoms with Gasteiger partial charge in [0, 0.05) is 44.3 Å². The Kier molecular flexibility index (Phi) is 5.65. The van der Waals surface area contributed by atoms with E-state index in [1.54, 1.807) is 13.2 Å². The highest BCUT2D eigenvalue weighted by Crippen LogP contribution is 2.45. The third-order valence-corrected chi connectivity index (χ3v) is 7.36. The average molecular weight is 475 g/mol. The smallest absolute Gasteiger partial charge is 0.253 e. The molecule has 7 nitrogen and oxygen atoms in total. The third kappa shape index (κ3) is 3.93. The molecule has 2 aromatic carbocycles. The van der Waals surface area contributed by atoms with Gasteiger partial charge < -0.3 is 28.4 Å². The van der Waals surface area contributed by atoms with Crippen molar-refractivity contribution in [2.24, 2.45) is 0 Å². The molecule has 1 atom stereocenters. The van der Waals surface area contributed by atoms with Crippen molar-refractivity contribution < 1.29 is 23.7 Å². The molecule has 3 aromatic rings. The highest BCUT2D eigenvalue weighted by Gasteiger charge is 2.44. The van der Waals surface area contributed by atoms with Gasteiger partial charge in [0.15, 0.2) is 17.1 Å². The Morgan fingerprint density at radius 2 is 1.94 bits per heavy atom. The normalized spacial score (nSPS) is 20.1. The number of benzene rings is 2. The number of aromatic nitrogens is 1. The second-order valence-corrected chi connectivity index (χ2v) is 9.43. The molecule has 3 aliphatic rings. The highest BCUT2D eigenvalue weighted by atomic mass is 16.5. The topological polar surface area (TPSA) is 62.2 Å². The maximum atomic E-state index is 13.4. The number of hydrogen-bond donors (Lipinski definition) is 0. The number of carbonyl (C=O) groups is 1. The molecule has 1 amide bonds. The predicted octanol–water partition coefficient (Wildman–Crippen LogP) is 4.57. The quantitative estimate of drug-likeness (QED) is 0.542. The van der Waals surface area contributed by atoms with Gasteiger partial charge in [-0.1, -0.05) is 12.1 Å². The number of likely N-dealkylation sites (tertiary alicyclic amines) is 1. The van der Waals surface area contributed by atoms with Crippen LogP contribution in [0, 0.1) is 0 Å². The zero-order chi connectivity index (χ0) is 23.8. The SMILES string of the molecule is COc1cc(C(=O)N2CCC3(CC2)Oc2ccccc2-n2cccc23)ccc1OCC1CCCO1. The fourth-order valence-corrected chi connectivity index (χ4v) is 5.46. The molecular weight excluding hydrogens is 444 g/mol. The maximum Gasteiger partial charge on any atom is 0.253 e. The number of piperidine rings is 1. The Morgan fingerprint density at radius 1 is 1.09 bits per heavy atom. The van der Waals surface area contributed by atoms with Gasteiger partial charge >= 0.3 is 0 Å². The van der Waals surface area contributed by atoms with E-state index < -0.39 is 5.60 Å². The van der Waals surface area contributed by atoms with Gasteiger partial charge in [-0.25, -0.2) is 0 Å². The molecule has 6 rings (SSSR count). The number of ether oxygens (including phenoxy) is 4. The summed E-state index contributed by atoms with van der Waals surface area (Å²) in [4.78, 5) is 15.3. The van der Waals surface area contributed by atoms with Crippen molar-refractivity contribution >= 4 is 5.91 Å². The van der Waals surface area contributed by atoms with Gasteiger partial charge in [-0.15, -0.1) is 0 Å². The van der Waals surface area contributed by atoms with Gasteiger partial charge in [0.2, 0.25) is 0 Å². The Balaban J connectivity index is 1.16. The lowest BCUT2D eigenvalue weighted by molar-refractivity contribution is -0.00932. The van der Waals surface area contributed by atoms with Crippen LogP contribution in [-0.4, -0.2) is 54.9 Å². The van der Waals surface area contributed by atoms with E-state index in [2.05, 4.69) is 29.0 Å². The molecule has 4 heterocycles. The fourth-order valence-electron chi connectivity index (χ4n) is 5.46. The number of para-hydroxylation sites is 2. The lowest BCUT2D eigenvalue weighted by Gasteiger charge is -2.45. The van der Waals surface area contributed by atoms with Crippen molar-refractivity contribution in [3.63, 3.8) is 0 Å². The number of methoxy groups -OCH3 is 1. The monoisotopic (exact) mass is 474 g/mol. The van der Waals surface area contributed by atoms with Gasteiger partial charge in [0.1, 0.15) is 12.4 Å². The Morgan fingerprint density at radius 3 is 2.74 bits per heavy atom. The van der Waals surface area contributed by atoms with E-state index in [9.17, 15) is 4.79 Å². The largest absolute Gasteiger partial charge is 0.493 e. The van der Waals surface area contributed by atoms with E-state index >= 15 is 0 Å². The van der Waals surface area contributed by atoms with Crippen molar-refractivity contribution in [3.05, 3.63) is 72.1 Å². The molecule has 2 fully saturated rings. The first-order valence-electron chi connectivity index (χ1n) is 12.3. The molecule has 1 unspecified atom stereocenters. The molecule has 2 saturated heterocycles. The Labute approximate surface area is 205 Å².